The number of rotatable bonds is 5. The molecule has 7 heteroatoms. The first-order chi connectivity index (χ1) is 6.79. The van der Waals surface area contributed by atoms with Gasteiger partial charge >= 0.3 is 5.97 Å². The number of methoxy groups -OCH3 is 1. The molecule has 0 saturated heterocycles. The molecule has 1 heterocycles. The van der Waals surface area contributed by atoms with Crippen molar-refractivity contribution in [3.63, 3.8) is 0 Å². The number of hydrogen-bond donors (Lipinski definition) is 1. The zero-order valence-electron chi connectivity index (χ0n) is 7.94. The second kappa shape index (κ2) is 5.61. The van der Waals surface area contributed by atoms with Crippen molar-refractivity contribution in [3.8, 4) is 0 Å². The molecule has 0 aliphatic heterocycles. The number of ether oxygens (including phenoxy) is 1. The molecule has 0 atom stereocenters. The van der Waals surface area contributed by atoms with E-state index in [1.807, 2.05) is 7.05 Å². The second-order valence-electron chi connectivity index (χ2n) is 2.36. The van der Waals surface area contributed by atoms with Crippen LogP contribution in [-0.2, 0) is 4.74 Å². The van der Waals surface area contributed by atoms with Crippen molar-refractivity contribution in [3.05, 3.63) is 5.69 Å². The topological polar surface area (TPSA) is 77.3 Å². The van der Waals surface area contributed by atoms with E-state index in [0.717, 1.165) is 12.3 Å². The molecule has 6 nitrogen and oxygen atoms in total. The molecule has 0 radical (unpaired) electrons. The average molecular weight is 217 g/mol. The number of nitrogens with zero attached hydrogens (tertiary/aromatic N) is 2. The fourth-order valence-corrected chi connectivity index (χ4v) is 1.59. The van der Waals surface area contributed by atoms with Crippen LogP contribution in [-0.4, -0.2) is 42.7 Å². The Morgan fingerprint density at radius 2 is 2.43 bits per heavy atom. The number of nitrogens with one attached hydrogen (secondary N) is 1. The Morgan fingerprint density at radius 1 is 1.64 bits per heavy atom. The molecule has 0 fully saturated rings. The number of esters is 1. The molecule has 0 bridgehead atoms. The fourth-order valence-electron chi connectivity index (χ4n) is 0.746. The van der Waals surface area contributed by atoms with Crippen LogP contribution < -0.4 is 5.32 Å². The number of carbonyl (C=O) groups excluding carboxylic acids is 1. The van der Waals surface area contributed by atoms with Gasteiger partial charge in [0.1, 0.15) is 0 Å². The van der Waals surface area contributed by atoms with Gasteiger partial charge in [-0.3, -0.25) is 0 Å². The summed E-state index contributed by atoms with van der Waals surface area (Å²) in [4.78, 5) is 11.1. The summed E-state index contributed by atoms with van der Waals surface area (Å²) < 4.78 is 8.97. The summed E-state index contributed by atoms with van der Waals surface area (Å²) in [7, 11) is 3.14. The first-order valence-corrected chi connectivity index (χ1v) is 4.96. The van der Waals surface area contributed by atoms with Crippen molar-refractivity contribution in [2.75, 3.05) is 26.5 Å². The van der Waals surface area contributed by atoms with Crippen LogP contribution in [0.4, 0.5) is 0 Å². The second-order valence-corrected chi connectivity index (χ2v) is 3.45. The highest BCUT2D eigenvalue weighted by molar-refractivity contribution is 7.99. The third-order valence-electron chi connectivity index (χ3n) is 1.43. The van der Waals surface area contributed by atoms with Gasteiger partial charge in [-0.25, -0.2) is 9.42 Å². The van der Waals surface area contributed by atoms with E-state index in [1.54, 1.807) is 0 Å². The lowest BCUT2D eigenvalue weighted by Gasteiger charge is -1.97. The van der Waals surface area contributed by atoms with Gasteiger partial charge in [0.25, 0.3) is 0 Å². The standard InChI is InChI=1S/C7H11N3O3S/c1-8-3-4-14-6-5(7(11)12-2)9-13-10-6/h8H,3-4H2,1-2H3. The molecule has 0 saturated carbocycles. The van der Waals surface area contributed by atoms with Crippen LogP contribution in [0.25, 0.3) is 0 Å². The van der Waals surface area contributed by atoms with Crippen LogP contribution in [0.15, 0.2) is 9.65 Å². The summed E-state index contributed by atoms with van der Waals surface area (Å²) in [6, 6.07) is 0. The van der Waals surface area contributed by atoms with Gasteiger partial charge in [-0.15, -0.1) is 0 Å². The molecular weight excluding hydrogens is 206 g/mol. The van der Waals surface area contributed by atoms with Crippen LogP contribution in [0.2, 0.25) is 0 Å². The van der Waals surface area contributed by atoms with E-state index in [1.165, 1.54) is 18.9 Å². The summed E-state index contributed by atoms with van der Waals surface area (Å²) >= 11 is 1.39. The summed E-state index contributed by atoms with van der Waals surface area (Å²) in [6.45, 7) is 0.818. The van der Waals surface area contributed by atoms with Crippen LogP contribution in [0.1, 0.15) is 10.5 Å². The predicted molar refractivity (Wildman–Crippen MR) is 50.3 cm³/mol. The summed E-state index contributed by atoms with van der Waals surface area (Å²) in [6.07, 6.45) is 0. The maximum absolute atomic E-state index is 11.1. The Hall–Kier alpha value is -1.08. The number of aromatic nitrogens is 2. The van der Waals surface area contributed by atoms with E-state index in [-0.39, 0.29) is 5.69 Å². The molecule has 1 N–H and O–H groups in total. The zero-order valence-corrected chi connectivity index (χ0v) is 8.76. The third-order valence-corrected chi connectivity index (χ3v) is 2.38. The number of hydrogen-bond acceptors (Lipinski definition) is 7. The van der Waals surface area contributed by atoms with Crippen molar-refractivity contribution in [2.45, 2.75) is 5.03 Å². The number of thioether (sulfide) groups is 1. The van der Waals surface area contributed by atoms with Crippen LogP contribution in [0.3, 0.4) is 0 Å². The van der Waals surface area contributed by atoms with E-state index in [9.17, 15) is 4.79 Å². The van der Waals surface area contributed by atoms with Crippen molar-refractivity contribution >= 4 is 17.7 Å². The van der Waals surface area contributed by atoms with Crippen molar-refractivity contribution < 1.29 is 14.2 Å². The molecule has 14 heavy (non-hydrogen) atoms. The van der Waals surface area contributed by atoms with Crippen molar-refractivity contribution in [2.24, 2.45) is 0 Å². The third kappa shape index (κ3) is 2.71. The summed E-state index contributed by atoms with van der Waals surface area (Å²) in [5.41, 5.74) is 0.133. The Bertz CT molecular complexity index is 302. The molecule has 1 rings (SSSR count). The normalized spacial score (nSPS) is 10.1. The van der Waals surface area contributed by atoms with Crippen molar-refractivity contribution in [1.82, 2.24) is 15.6 Å². The van der Waals surface area contributed by atoms with Gasteiger partial charge in [-0.2, -0.15) is 0 Å². The van der Waals surface area contributed by atoms with E-state index >= 15 is 0 Å². The molecular formula is C7H11N3O3S. The SMILES string of the molecule is CNCCSc1nonc1C(=O)OC. The lowest BCUT2D eigenvalue weighted by atomic mass is 10.5. The van der Waals surface area contributed by atoms with E-state index < -0.39 is 5.97 Å². The minimum Gasteiger partial charge on any atom is -0.464 e. The lowest BCUT2D eigenvalue weighted by molar-refractivity contribution is 0.0585. The lowest BCUT2D eigenvalue weighted by Crippen LogP contribution is -2.10. The minimum atomic E-state index is -0.529. The Morgan fingerprint density at radius 3 is 3.07 bits per heavy atom. The summed E-state index contributed by atoms with van der Waals surface area (Å²) in [5.74, 6) is 0.257. The predicted octanol–water partition coefficient (Wildman–Crippen LogP) is 0.168. The Balaban J connectivity index is 2.58. The van der Waals surface area contributed by atoms with Gasteiger partial charge in [-0.05, 0) is 17.4 Å². The minimum absolute atomic E-state index is 0.133. The van der Waals surface area contributed by atoms with Gasteiger partial charge < -0.3 is 10.1 Å². The highest BCUT2D eigenvalue weighted by Gasteiger charge is 2.18. The van der Waals surface area contributed by atoms with Gasteiger partial charge in [0.2, 0.25) is 5.69 Å². The molecule has 0 aliphatic rings. The molecule has 78 valence electrons. The van der Waals surface area contributed by atoms with Gasteiger partial charge in [0, 0.05) is 12.3 Å². The molecule has 0 amide bonds. The van der Waals surface area contributed by atoms with Gasteiger partial charge in [-0.1, -0.05) is 11.8 Å². The van der Waals surface area contributed by atoms with E-state index in [4.69, 9.17) is 0 Å². The van der Waals surface area contributed by atoms with E-state index in [2.05, 4.69) is 25.0 Å². The maximum atomic E-state index is 11.1. The summed E-state index contributed by atoms with van der Waals surface area (Å²) in [5, 5.41) is 10.5. The highest BCUT2D eigenvalue weighted by atomic mass is 32.2. The Kier molecular flexibility index (Phi) is 4.41. The van der Waals surface area contributed by atoms with Crippen molar-refractivity contribution in [1.29, 1.82) is 0 Å². The van der Waals surface area contributed by atoms with Gasteiger partial charge in [0.05, 0.1) is 7.11 Å². The molecule has 1 aromatic heterocycles. The first-order valence-electron chi connectivity index (χ1n) is 3.98. The molecule has 0 unspecified atom stereocenters. The number of carbonyl (C=O) groups is 1. The van der Waals surface area contributed by atoms with Crippen LogP contribution >= 0.6 is 11.8 Å². The molecule has 1 aromatic rings. The monoisotopic (exact) mass is 217 g/mol. The quantitative estimate of drug-likeness (QED) is 0.428. The Labute approximate surface area is 85.3 Å². The molecule has 0 aromatic carbocycles. The highest BCUT2D eigenvalue weighted by Crippen LogP contribution is 2.18. The average Bonchev–Trinajstić information content (AvgIpc) is 2.65. The van der Waals surface area contributed by atoms with Crippen LogP contribution in [0, 0.1) is 0 Å². The zero-order chi connectivity index (χ0) is 10.4. The smallest absolute Gasteiger partial charge is 0.363 e. The molecule has 0 aliphatic carbocycles. The fraction of sp³-hybridized carbons (Fsp3) is 0.571. The maximum Gasteiger partial charge on any atom is 0.363 e. The van der Waals surface area contributed by atoms with E-state index in [0.29, 0.717) is 5.03 Å². The largest absolute Gasteiger partial charge is 0.464 e. The molecule has 0 spiro atoms. The van der Waals surface area contributed by atoms with Gasteiger partial charge in [0.15, 0.2) is 5.03 Å². The van der Waals surface area contributed by atoms with Crippen LogP contribution in [0.5, 0.6) is 0 Å². The first kappa shape index (κ1) is 11.0.